The highest BCUT2D eigenvalue weighted by atomic mass is 16.2. The molecule has 4 rings (SSSR count). The Labute approximate surface area is 162 Å². The van der Waals surface area contributed by atoms with Crippen LogP contribution in [0, 0.1) is 12.5 Å². The van der Waals surface area contributed by atoms with Crippen LogP contribution in [-0.2, 0) is 9.59 Å². The maximum absolute atomic E-state index is 12.5. The molecule has 2 fully saturated rings. The first kappa shape index (κ1) is 18.0. The normalized spacial score (nSPS) is 22.2. The zero-order valence-corrected chi connectivity index (χ0v) is 15.5. The van der Waals surface area contributed by atoms with Crippen LogP contribution >= 0.6 is 0 Å². The zero-order valence-electron chi connectivity index (χ0n) is 15.5. The van der Waals surface area contributed by atoms with Crippen molar-refractivity contribution in [1.82, 2.24) is 14.9 Å². The number of carbonyl (C=O) groups excluding carboxylic acids is 2. The van der Waals surface area contributed by atoms with Gasteiger partial charge in [0.25, 0.3) is 0 Å². The van der Waals surface area contributed by atoms with Crippen molar-refractivity contribution >= 4 is 34.6 Å². The van der Waals surface area contributed by atoms with Crippen LogP contribution in [0.1, 0.15) is 18.4 Å². The number of aromatic amines is 1. The third-order valence-corrected chi connectivity index (χ3v) is 5.58. The summed E-state index contributed by atoms with van der Waals surface area (Å²) in [6.07, 6.45) is 8.05. The number of piperazine rings is 1. The summed E-state index contributed by atoms with van der Waals surface area (Å²) in [6.45, 7) is 9.87. The lowest BCUT2D eigenvalue weighted by molar-refractivity contribution is -0.138. The Hall–Kier alpha value is -3.34. The van der Waals surface area contributed by atoms with Crippen LogP contribution in [0.3, 0.4) is 0 Å². The number of pyridine rings is 1. The molecule has 3 N–H and O–H groups in total. The number of hydrogen-bond acceptors (Lipinski definition) is 4. The lowest BCUT2D eigenvalue weighted by Crippen LogP contribution is -2.52. The van der Waals surface area contributed by atoms with Gasteiger partial charge in [-0.25, -0.2) is 11.6 Å². The summed E-state index contributed by atoms with van der Waals surface area (Å²) >= 11 is 0. The number of aromatic nitrogens is 2. The maximum atomic E-state index is 12.5. The van der Waals surface area contributed by atoms with Crippen LogP contribution in [0.5, 0.6) is 0 Å². The number of nitrogens with zero attached hydrogens (tertiary/aromatic N) is 4. The fourth-order valence-electron chi connectivity index (χ4n) is 3.83. The van der Waals surface area contributed by atoms with E-state index in [0.29, 0.717) is 25.9 Å². The predicted octanol–water partition coefficient (Wildman–Crippen LogP) is 1.41. The van der Waals surface area contributed by atoms with E-state index in [9.17, 15) is 9.59 Å². The van der Waals surface area contributed by atoms with Gasteiger partial charge in [0, 0.05) is 62.2 Å². The molecule has 28 heavy (non-hydrogen) atoms. The molecule has 0 atom stereocenters. The number of primary amides is 1. The second kappa shape index (κ2) is 7.35. The summed E-state index contributed by atoms with van der Waals surface area (Å²) in [7, 11) is 0. The van der Waals surface area contributed by atoms with Gasteiger partial charge < -0.3 is 25.4 Å². The molecule has 0 unspecified atom stereocenters. The van der Waals surface area contributed by atoms with E-state index in [4.69, 9.17) is 12.3 Å². The number of carbonyl (C=O) groups is 2. The van der Waals surface area contributed by atoms with Crippen LogP contribution in [-0.4, -0.2) is 58.9 Å². The topological polar surface area (TPSA) is 99.7 Å². The molecule has 2 aromatic heterocycles. The summed E-state index contributed by atoms with van der Waals surface area (Å²) in [4.78, 5) is 38.7. The number of rotatable bonds is 4. The minimum absolute atomic E-state index is 0.0307. The van der Waals surface area contributed by atoms with Crippen molar-refractivity contribution in [1.29, 1.82) is 0 Å². The molecular weight excluding hydrogens is 356 g/mol. The standard InChI is InChI=1S/C20H22N6O2/c1-22-15-8-14(9-15)20(28)26-6-4-25(5-7-26)16-10-17-13(2-3-18(21)27)11-23-19(17)24-12-16/h2-3,10-12,14-15H,4-9H2,(H2,21,27)(H,23,24)/b3-2+. The SMILES string of the molecule is [C-]#[N+]C1CC(C(=O)N2CCN(c3cnc4[nH]cc(/C=C/C(N)=O)c4c3)CC2)C1. The predicted molar refractivity (Wildman–Crippen MR) is 106 cm³/mol. The Morgan fingerprint density at radius 1 is 1.29 bits per heavy atom. The largest absolute Gasteiger partial charge is 0.367 e. The number of nitrogens with two attached hydrogens (primary N) is 1. The van der Waals surface area contributed by atoms with E-state index >= 15 is 0 Å². The number of anilines is 1. The molecular formula is C20H22N6O2. The first-order chi connectivity index (χ1) is 13.5. The van der Waals surface area contributed by atoms with Crippen LogP contribution in [0.25, 0.3) is 22.0 Å². The molecule has 2 aromatic rings. The molecule has 0 radical (unpaired) electrons. The van der Waals surface area contributed by atoms with Crippen molar-refractivity contribution in [3.8, 4) is 0 Å². The average Bonchev–Trinajstić information content (AvgIpc) is 3.08. The highest BCUT2D eigenvalue weighted by molar-refractivity contribution is 5.95. The number of H-pyrrole nitrogens is 1. The molecule has 144 valence electrons. The van der Waals surface area contributed by atoms with Crippen LogP contribution in [0.4, 0.5) is 5.69 Å². The lowest BCUT2D eigenvalue weighted by atomic mass is 9.79. The number of hydrogen-bond donors (Lipinski definition) is 2. The highest BCUT2D eigenvalue weighted by Crippen LogP contribution is 2.32. The average molecular weight is 378 g/mol. The van der Waals surface area contributed by atoms with E-state index in [1.807, 2.05) is 17.2 Å². The summed E-state index contributed by atoms with van der Waals surface area (Å²) in [6, 6.07) is 2.08. The van der Waals surface area contributed by atoms with Crippen LogP contribution in [0.2, 0.25) is 0 Å². The van der Waals surface area contributed by atoms with Crippen molar-refractivity contribution in [3.63, 3.8) is 0 Å². The van der Waals surface area contributed by atoms with E-state index in [-0.39, 0.29) is 17.9 Å². The fraction of sp³-hybridized carbons (Fsp3) is 0.400. The number of nitrogens with one attached hydrogen (secondary N) is 1. The summed E-state index contributed by atoms with van der Waals surface area (Å²) in [5, 5.41) is 0.924. The number of fused-ring (bicyclic) bond motifs is 1. The van der Waals surface area contributed by atoms with Crippen molar-refractivity contribution < 1.29 is 9.59 Å². The molecule has 2 aliphatic rings. The van der Waals surface area contributed by atoms with Crippen molar-refractivity contribution in [2.75, 3.05) is 31.1 Å². The molecule has 8 nitrogen and oxygen atoms in total. The maximum Gasteiger partial charge on any atom is 0.241 e. The molecule has 0 spiro atoms. The second-order valence-corrected chi connectivity index (χ2v) is 7.33. The van der Waals surface area contributed by atoms with E-state index in [1.165, 1.54) is 6.08 Å². The first-order valence-electron chi connectivity index (χ1n) is 9.40. The second-order valence-electron chi connectivity index (χ2n) is 7.33. The van der Waals surface area contributed by atoms with Gasteiger partial charge in [-0.05, 0) is 12.1 Å². The molecule has 3 heterocycles. The van der Waals surface area contributed by atoms with Gasteiger partial charge >= 0.3 is 0 Å². The van der Waals surface area contributed by atoms with Gasteiger partial charge in [0.2, 0.25) is 17.9 Å². The minimum Gasteiger partial charge on any atom is -0.367 e. The Balaban J connectivity index is 1.42. The monoisotopic (exact) mass is 378 g/mol. The van der Waals surface area contributed by atoms with Gasteiger partial charge in [0.1, 0.15) is 5.65 Å². The van der Waals surface area contributed by atoms with E-state index < -0.39 is 5.91 Å². The summed E-state index contributed by atoms with van der Waals surface area (Å²) < 4.78 is 0. The Bertz CT molecular complexity index is 974. The van der Waals surface area contributed by atoms with Crippen molar-refractivity contribution in [2.45, 2.75) is 18.9 Å². The van der Waals surface area contributed by atoms with Crippen molar-refractivity contribution in [2.24, 2.45) is 11.7 Å². The van der Waals surface area contributed by atoms with Gasteiger partial charge in [-0.1, -0.05) is 0 Å². The third kappa shape index (κ3) is 3.43. The first-order valence-corrected chi connectivity index (χ1v) is 9.40. The quantitative estimate of drug-likeness (QED) is 0.621. The Morgan fingerprint density at radius 3 is 2.71 bits per heavy atom. The molecule has 2 amide bonds. The molecule has 1 aliphatic carbocycles. The zero-order chi connectivity index (χ0) is 19.7. The molecule has 0 aromatic carbocycles. The molecule has 8 heteroatoms. The van der Waals surface area contributed by atoms with E-state index in [0.717, 1.165) is 35.4 Å². The smallest absolute Gasteiger partial charge is 0.241 e. The van der Waals surface area contributed by atoms with Gasteiger partial charge in [-0.3, -0.25) is 9.59 Å². The van der Waals surface area contributed by atoms with Gasteiger partial charge in [0.15, 0.2) is 0 Å². The Morgan fingerprint density at radius 2 is 2.04 bits per heavy atom. The molecule has 1 saturated heterocycles. The van der Waals surface area contributed by atoms with Gasteiger partial charge in [-0.15, -0.1) is 0 Å². The van der Waals surface area contributed by atoms with Gasteiger partial charge in [-0.2, -0.15) is 0 Å². The summed E-state index contributed by atoms with van der Waals surface area (Å²) in [5.41, 5.74) is 7.78. The Kier molecular flexibility index (Phi) is 4.74. The van der Waals surface area contributed by atoms with E-state index in [1.54, 1.807) is 12.3 Å². The molecule has 1 aliphatic heterocycles. The van der Waals surface area contributed by atoms with Crippen LogP contribution < -0.4 is 10.6 Å². The summed E-state index contributed by atoms with van der Waals surface area (Å²) in [5.74, 6) is -0.269. The van der Waals surface area contributed by atoms with E-state index in [2.05, 4.69) is 19.7 Å². The highest BCUT2D eigenvalue weighted by Gasteiger charge is 2.41. The lowest BCUT2D eigenvalue weighted by Gasteiger charge is -2.39. The number of amides is 2. The third-order valence-electron chi connectivity index (χ3n) is 5.58. The fourth-order valence-corrected chi connectivity index (χ4v) is 3.83. The molecule has 1 saturated carbocycles. The minimum atomic E-state index is -0.492. The van der Waals surface area contributed by atoms with Crippen LogP contribution in [0.15, 0.2) is 24.5 Å². The van der Waals surface area contributed by atoms with Crippen molar-refractivity contribution in [3.05, 3.63) is 41.5 Å². The van der Waals surface area contributed by atoms with Gasteiger partial charge in [0.05, 0.1) is 17.8 Å². The molecule has 0 bridgehead atoms.